The summed E-state index contributed by atoms with van der Waals surface area (Å²) in [4.78, 5) is 13.7. The molecule has 92 valence electrons. The normalized spacial score (nSPS) is 21.5. The summed E-state index contributed by atoms with van der Waals surface area (Å²) in [5.41, 5.74) is 3.78. The number of likely N-dealkylation sites (N-methyl/N-ethyl adjacent to an activating group) is 1. The molecule has 1 aliphatic rings. The molecule has 1 fully saturated rings. The highest BCUT2D eigenvalue weighted by atomic mass is 16.2. The van der Waals surface area contributed by atoms with Gasteiger partial charge in [0.05, 0.1) is 0 Å². The fourth-order valence-corrected chi connectivity index (χ4v) is 2.37. The van der Waals surface area contributed by atoms with Crippen LogP contribution in [0.25, 0.3) is 0 Å². The Morgan fingerprint density at radius 2 is 2.12 bits per heavy atom. The largest absolute Gasteiger partial charge is 0.344 e. The van der Waals surface area contributed by atoms with Gasteiger partial charge in [0.15, 0.2) is 0 Å². The Labute approximate surface area is 103 Å². The molecule has 1 aliphatic heterocycles. The molecule has 17 heavy (non-hydrogen) atoms. The number of aryl methyl sites for hydroxylation is 2. The van der Waals surface area contributed by atoms with Gasteiger partial charge in [-0.1, -0.05) is 23.8 Å². The van der Waals surface area contributed by atoms with Crippen LogP contribution < -0.4 is 5.32 Å². The van der Waals surface area contributed by atoms with E-state index < -0.39 is 0 Å². The molecule has 0 radical (unpaired) electrons. The highest BCUT2D eigenvalue weighted by molar-refractivity contribution is 5.77. The lowest BCUT2D eigenvalue weighted by Crippen LogP contribution is -2.27. The van der Waals surface area contributed by atoms with E-state index in [1.807, 2.05) is 7.05 Å². The SMILES string of the molecule is Cc1ccc(C2CC(=O)N(C)CCN2)c(C)c1. The predicted molar refractivity (Wildman–Crippen MR) is 68.9 cm³/mol. The maximum atomic E-state index is 11.9. The molecule has 0 saturated carbocycles. The van der Waals surface area contributed by atoms with E-state index in [-0.39, 0.29) is 11.9 Å². The minimum atomic E-state index is 0.160. The standard InChI is InChI=1S/C14H20N2O/c1-10-4-5-12(11(2)8-10)13-9-14(17)16(3)7-6-15-13/h4-5,8,13,15H,6-7,9H2,1-3H3. The van der Waals surface area contributed by atoms with Crippen LogP contribution in [0.1, 0.15) is 29.2 Å². The Morgan fingerprint density at radius 3 is 2.82 bits per heavy atom. The van der Waals surface area contributed by atoms with Crippen molar-refractivity contribution >= 4 is 5.91 Å². The van der Waals surface area contributed by atoms with Gasteiger partial charge in [-0.05, 0) is 25.0 Å². The Balaban J connectivity index is 2.24. The van der Waals surface area contributed by atoms with Crippen molar-refractivity contribution in [3.8, 4) is 0 Å². The average Bonchev–Trinajstić information content (AvgIpc) is 2.42. The number of benzene rings is 1. The van der Waals surface area contributed by atoms with Crippen molar-refractivity contribution in [3.05, 3.63) is 34.9 Å². The minimum Gasteiger partial charge on any atom is -0.344 e. The number of rotatable bonds is 1. The third-order valence-electron chi connectivity index (χ3n) is 3.44. The monoisotopic (exact) mass is 232 g/mol. The second-order valence-corrected chi connectivity index (χ2v) is 4.89. The van der Waals surface area contributed by atoms with Crippen LogP contribution in [-0.4, -0.2) is 30.9 Å². The molecular weight excluding hydrogens is 212 g/mol. The van der Waals surface area contributed by atoms with Gasteiger partial charge in [-0.2, -0.15) is 0 Å². The smallest absolute Gasteiger partial charge is 0.224 e. The fourth-order valence-electron chi connectivity index (χ4n) is 2.37. The van der Waals surface area contributed by atoms with Gasteiger partial charge >= 0.3 is 0 Å². The van der Waals surface area contributed by atoms with Gasteiger partial charge < -0.3 is 10.2 Å². The molecule has 0 bridgehead atoms. The maximum Gasteiger partial charge on any atom is 0.224 e. The third-order valence-corrected chi connectivity index (χ3v) is 3.44. The minimum absolute atomic E-state index is 0.160. The lowest BCUT2D eigenvalue weighted by atomic mass is 9.97. The van der Waals surface area contributed by atoms with Crippen LogP contribution in [0.5, 0.6) is 0 Å². The zero-order chi connectivity index (χ0) is 12.4. The van der Waals surface area contributed by atoms with Crippen LogP contribution in [0.3, 0.4) is 0 Å². The molecule has 0 aliphatic carbocycles. The van der Waals surface area contributed by atoms with E-state index in [1.54, 1.807) is 4.90 Å². The van der Waals surface area contributed by atoms with Crippen LogP contribution in [-0.2, 0) is 4.79 Å². The third kappa shape index (κ3) is 2.67. The molecule has 0 spiro atoms. The van der Waals surface area contributed by atoms with Crippen molar-refractivity contribution in [2.45, 2.75) is 26.3 Å². The number of hydrogen-bond donors (Lipinski definition) is 1. The zero-order valence-corrected chi connectivity index (χ0v) is 10.8. The second-order valence-electron chi connectivity index (χ2n) is 4.89. The van der Waals surface area contributed by atoms with Crippen LogP contribution in [0, 0.1) is 13.8 Å². The Bertz CT molecular complexity index is 428. The molecular formula is C14H20N2O. The number of hydrogen-bond acceptors (Lipinski definition) is 2. The molecule has 1 amide bonds. The van der Waals surface area contributed by atoms with E-state index in [2.05, 4.69) is 37.4 Å². The zero-order valence-electron chi connectivity index (χ0n) is 10.8. The van der Waals surface area contributed by atoms with E-state index in [0.717, 1.165) is 13.1 Å². The first-order valence-electron chi connectivity index (χ1n) is 6.12. The van der Waals surface area contributed by atoms with Gasteiger partial charge in [-0.25, -0.2) is 0 Å². The van der Waals surface area contributed by atoms with E-state index in [1.165, 1.54) is 16.7 Å². The van der Waals surface area contributed by atoms with Crippen molar-refractivity contribution in [2.24, 2.45) is 0 Å². The highest BCUT2D eigenvalue weighted by Crippen LogP contribution is 2.23. The lowest BCUT2D eigenvalue weighted by Gasteiger charge is -2.18. The molecule has 1 aromatic carbocycles. The molecule has 1 atom stereocenters. The number of nitrogens with zero attached hydrogens (tertiary/aromatic N) is 1. The molecule has 0 aromatic heterocycles. The summed E-state index contributed by atoms with van der Waals surface area (Å²) in [6, 6.07) is 6.59. The quantitative estimate of drug-likeness (QED) is 0.800. The maximum absolute atomic E-state index is 11.9. The van der Waals surface area contributed by atoms with E-state index >= 15 is 0 Å². The van der Waals surface area contributed by atoms with Crippen molar-refractivity contribution < 1.29 is 4.79 Å². The van der Waals surface area contributed by atoms with Crippen LogP contribution in [0.2, 0.25) is 0 Å². The Hall–Kier alpha value is -1.35. The summed E-state index contributed by atoms with van der Waals surface area (Å²) in [7, 11) is 1.87. The van der Waals surface area contributed by atoms with Gasteiger partial charge in [0.1, 0.15) is 0 Å². The molecule has 1 unspecified atom stereocenters. The molecule has 1 N–H and O–H groups in total. The van der Waals surface area contributed by atoms with Crippen molar-refractivity contribution in [2.75, 3.05) is 20.1 Å². The Morgan fingerprint density at radius 1 is 1.35 bits per heavy atom. The number of carbonyl (C=O) groups is 1. The van der Waals surface area contributed by atoms with E-state index in [9.17, 15) is 4.79 Å². The van der Waals surface area contributed by atoms with Gasteiger partial charge in [0, 0.05) is 32.6 Å². The van der Waals surface area contributed by atoms with Crippen LogP contribution >= 0.6 is 0 Å². The van der Waals surface area contributed by atoms with Crippen molar-refractivity contribution in [3.63, 3.8) is 0 Å². The topological polar surface area (TPSA) is 32.3 Å². The second kappa shape index (κ2) is 4.88. The molecule has 1 saturated heterocycles. The van der Waals surface area contributed by atoms with Gasteiger partial charge in [-0.15, -0.1) is 0 Å². The first kappa shape index (κ1) is 12.1. The Kier molecular flexibility index (Phi) is 3.48. The number of nitrogens with one attached hydrogen (secondary N) is 1. The first-order valence-corrected chi connectivity index (χ1v) is 6.12. The van der Waals surface area contributed by atoms with Crippen molar-refractivity contribution in [1.29, 1.82) is 0 Å². The van der Waals surface area contributed by atoms with Crippen LogP contribution in [0.4, 0.5) is 0 Å². The van der Waals surface area contributed by atoms with E-state index in [0.29, 0.717) is 6.42 Å². The first-order chi connectivity index (χ1) is 8.08. The number of carbonyl (C=O) groups excluding carboxylic acids is 1. The van der Waals surface area contributed by atoms with E-state index in [4.69, 9.17) is 0 Å². The lowest BCUT2D eigenvalue weighted by molar-refractivity contribution is -0.129. The van der Waals surface area contributed by atoms with Crippen LogP contribution in [0.15, 0.2) is 18.2 Å². The molecule has 1 heterocycles. The molecule has 1 aromatic rings. The highest BCUT2D eigenvalue weighted by Gasteiger charge is 2.22. The summed E-state index contributed by atoms with van der Waals surface area (Å²) >= 11 is 0. The summed E-state index contributed by atoms with van der Waals surface area (Å²) in [6.07, 6.45) is 0.556. The molecule has 3 nitrogen and oxygen atoms in total. The summed E-state index contributed by atoms with van der Waals surface area (Å²) in [5, 5.41) is 3.46. The summed E-state index contributed by atoms with van der Waals surface area (Å²) in [6.45, 7) is 5.86. The predicted octanol–water partition coefficient (Wildman–Crippen LogP) is 1.80. The summed E-state index contributed by atoms with van der Waals surface area (Å²) in [5.74, 6) is 0.222. The average molecular weight is 232 g/mol. The van der Waals surface area contributed by atoms with Gasteiger partial charge in [0.2, 0.25) is 5.91 Å². The fraction of sp³-hybridized carbons (Fsp3) is 0.500. The number of amides is 1. The van der Waals surface area contributed by atoms with Crippen molar-refractivity contribution in [1.82, 2.24) is 10.2 Å². The molecule has 3 heteroatoms. The van der Waals surface area contributed by atoms with Gasteiger partial charge in [-0.3, -0.25) is 4.79 Å². The summed E-state index contributed by atoms with van der Waals surface area (Å²) < 4.78 is 0. The van der Waals surface area contributed by atoms with Gasteiger partial charge in [0.25, 0.3) is 0 Å². The molecule has 2 rings (SSSR count).